The van der Waals surface area contributed by atoms with Crippen LogP contribution in [0, 0.1) is 0 Å². The average Bonchev–Trinajstić information content (AvgIpc) is 2.32. The number of esters is 4. The van der Waals surface area contributed by atoms with Gasteiger partial charge in [0.2, 0.25) is 0 Å². The van der Waals surface area contributed by atoms with E-state index in [0.29, 0.717) is 0 Å². The van der Waals surface area contributed by atoms with Gasteiger partial charge in [0.15, 0.2) is 13.2 Å². The average molecular weight is 248 g/mol. The van der Waals surface area contributed by atoms with Crippen LogP contribution in [0.5, 0.6) is 0 Å². The Bertz CT molecular complexity index is 278. The molecule has 0 aliphatic carbocycles. The minimum atomic E-state index is -0.953. The predicted molar refractivity (Wildman–Crippen MR) is 50.6 cm³/mol. The first-order valence-electron chi connectivity index (χ1n) is 4.44. The van der Waals surface area contributed by atoms with E-state index in [1.165, 1.54) is 0 Å². The molecule has 0 aromatic heterocycles. The SMILES string of the molecule is COC(=O)COC(=O)CC(=O)OCC(=O)OC. The molecule has 0 fully saturated rings. The Labute approximate surface area is 96.8 Å². The molecular weight excluding hydrogens is 236 g/mol. The van der Waals surface area contributed by atoms with E-state index >= 15 is 0 Å². The lowest BCUT2D eigenvalue weighted by Gasteiger charge is -2.04. The smallest absolute Gasteiger partial charge is 0.344 e. The summed E-state index contributed by atoms with van der Waals surface area (Å²) in [6, 6.07) is 0. The molecule has 0 radical (unpaired) electrons. The Hall–Kier alpha value is -2.12. The van der Waals surface area contributed by atoms with Crippen LogP contribution in [0.2, 0.25) is 0 Å². The van der Waals surface area contributed by atoms with Crippen molar-refractivity contribution >= 4 is 23.9 Å². The predicted octanol–water partition coefficient (Wildman–Crippen LogP) is -1.19. The number of carbonyl (C=O) groups excluding carboxylic acids is 4. The van der Waals surface area contributed by atoms with Crippen molar-refractivity contribution in [2.75, 3.05) is 27.4 Å². The number of hydrogen-bond donors (Lipinski definition) is 0. The zero-order valence-corrected chi connectivity index (χ0v) is 9.39. The van der Waals surface area contributed by atoms with Crippen molar-refractivity contribution in [3.05, 3.63) is 0 Å². The second-order valence-electron chi connectivity index (χ2n) is 2.65. The molecule has 8 nitrogen and oxygen atoms in total. The summed E-state index contributed by atoms with van der Waals surface area (Å²) in [7, 11) is 2.25. The van der Waals surface area contributed by atoms with Gasteiger partial charge in [-0.3, -0.25) is 9.59 Å². The maximum absolute atomic E-state index is 10.9. The summed E-state index contributed by atoms with van der Waals surface area (Å²) in [4.78, 5) is 43.0. The molecule has 0 unspecified atom stereocenters. The van der Waals surface area contributed by atoms with Crippen molar-refractivity contribution in [1.29, 1.82) is 0 Å². The summed E-state index contributed by atoms with van der Waals surface area (Å²) in [5.41, 5.74) is 0. The van der Waals surface area contributed by atoms with Crippen molar-refractivity contribution in [2.24, 2.45) is 0 Å². The molecule has 17 heavy (non-hydrogen) atoms. The molecule has 0 aliphatic heterocycles. The molecule has 0 bridgehead atoms. The van der Waals surface area contributed by atoms with Crippen LogP contribution in [0.3, 0.4) is 0 Å². The van der Waals surface area contributed by atoms with Gasteiger partial charge in [0.05, 0.1) is 14.2 Å². The van der Waals surface area contributed by atoms with Gasteiger partial charge in [0.1, 0.15) is 6.42 Å². The summed E-state index contributed by atoms with van der Waals surface area (Å²) in [6.07, 6.45) is -0.700. The number of ether oxygens (including phenoxy) is 4. The number of methoxy groups -OCH3 is 2. The van der Waals surface area contributed by atoms with E-state index in [1.807, 2.05) is 0 Å². The molecule has 0 amide bonds. The fraction of sp³-hybridized carbons (Fsp3) is 0.556. The van der Waals surface area contributed by atoms with Gasteiger partial charge in [-0.2, -0.15) is 0 Å². The highest BCUT2D eigenvalue weighted by Gasteiger charge is 2.15. The highest BCUT2D eigenvalue weighted by molar-refractivity contribution is 5.92. The Morgan fingerprint density at radius 1 is 0.706 bits per heavy atom. The summed E-state index contributed by atoms with van der Waals surface area (Å²) >= 11 is 0. The molecule has 0 aromatic rings. The molecule has 8 heteroatoms. The van der Waals surface area contributed by atoms with Gasteiger partial charge in [-0.1, -0.05) is 0 Å². The molecule has 0 atom stereocenters. The fourth-order valence-electron chi connectivity index (χ4n) is 0.617. The van der Waals surface area contributed by atoms with Crippen LogP contribution in [0.4, 0.5) is 0 Å². The first-order valence-corrected chi connectivity index (χ1v) is 4.44. The van der Waals surface area contributed by atoms with E-state index in [0.717, 1.165) is 14.2 Å². The quantitative estimate of drug-likeness (QED) is 0.328. The van der Waals surface area contributed by atoms with E-state index in [-0.39, 0.29) is 0 Å². The second-order valence-corrected chi connectivity index (χ2v) is 2.65. The van der Waals surface area contributed by atoms with Crippen molar-refractivity contribution in [3.63, 3.8) is 0 Å². The summed E-state index contributed by atoms with van der Waals surface area (Å²) in [5, 5.41) is 0. The molecule has 0 saturated heterocycles. The Balaban J connectivity index is 3.77. The zero-order valence-electron chi connectivity index (χ0n) is 9.39. The van der Waals surface area contributed by atoms with E-state index in [9.17, 15) is 19.2 Å². The van der Waals surface area contributed by atoms with Gasteiger partial charge in [-0.25, -0.2) is 9.59 Å². The standard InChI is InChI=1S/C9H12O8/c1-14-8(12)4-16-6(10)3-7(11)17-5-9(13)15-2/h3-5H2,1-2H3. The first kappa shape index (κ1) is 14.9. The maximum Gasteiger partial charge on any atom is 0.344 e. The molecule has 0 aromatic carbocycles. The topological polar surface area (TPSA) is 105 Å². The van der Waals surface area contributed by atoms with Gasteiger partial charge in [-0.15, -0.1) is 0 Å². The molecule has 0 heterocycles. The van der Waals surface area contributed by atoms with Crippen LogP contribution >= 0.6 is 0 Å². The minimum Gasteiger partial charge on any atom is -0.466 e. The van der Waals surface area contributed by atoms with E-state index in [2.05, 4.69) is 18.9 Å². The zero-order chi connectivity index (χ0) is 13.3. The van der Waals surface area contributed by atoms with Gasteiger partial charge in [0.25, 0.3) is 0 Å². The molecule has 96 valence electrons. The van der Waals surface area contributed by atoms with Gasteiger partial charge >= 0.3 is 23.9 Å². The van der Waals surface area contributed by atoms with Gasteiger partial charge in [-0.05, 0) is 0 Å². The largest absolute Gasteiger partial charge is 0.466 e. The third-order valence-electron chi connectivity index (χ3n) is 1.45. The molecule has 0 rings (SSSR count). The van der Waals surface area contributed by atoms with E-state index in [4.69, 9.17) is 0 Å². The molecular formula is C9H12O8. The van der Waals surface area contributed by atoms with E-state index in [1.54, 1.807) is 0 Å². The molecule has 0 N–H and O–H groups in total. The normalized spacial score (nSPS) is 9.06. The molecule has 0 aliphatic rings. The lowest BCUT2D eigenvalue weighted by molar-refractivity contribution is -0.164. The van der Waals surface area contributed by atoms with Crippen LogP contribution in [-0.4, -0.2) is 51.3 Å². The van der Waals surface area contributed by atoms with Crippen LogP contribution in [0.15, 0.2) is 0 Å². The van der Waals surface area contributed by atoms with Crippen LogP contribution < -0.4 is 0 Å². The third kappa shape index (κ3) is 7.77. The summed E-state index contributed by atoms with van der Waals surface area (Å²) < 4.78 is 17.1. The lowest BCUT2D eigenvalue weighted by Crippen LogP contribution is -2.20. The Morgan fingerprint density at radius 3 is 1.35 bits per heavy atom. The highest BCUT2D eigenvalue weighted by atomic mass is 16.6. The van der Waals surface area contributed by atoms with Crippen molar-refractivity contribution in [1.82, 2.24) is 0 Å². The number of rotatable bonds is 6. The van der Waals surface area contributed by atoms with E-state index < -0.39 is 43.5 Å². The Kier molecular flexibility index (Phi) is 7.07. The number of carbonyl (C=O) groups is 4. The first-order chi connectivity index (χ1) is 7.99. The summed E-state index contributed by atoms with van der Waals surface area (Å²) in [5.74, 6) is -3.40. The molecule has 0 spiro atoms. The van der Waals surface area contributed by atoms with Crippen LogP contribution in [-0.2, 0) is 38.1 Å². The minimum absolute atomic E-state index is 0.584. The maximum atomic E-state index is 10.9. The lowest BCUT2D eigenvalue weighted by atomic mass is 10.4. The third-order valence-corrected chi connectivity index (χ3v) is 1.45. The van der Waals surface area contributed by atoms with Crippen molar-refractivity contribution in [3.8, 4) is 0 Å². The van der Waals surface area contributed by atoms with Crippen LogP contribution in [0.25, 0.3) is 0 Å². The molecule has 0 saturated carbocycles. The van der Waals surface area contributed by atoms with Crippen molar-refractivity contribution < 1.29 is 38.1 Å². The van der Waals surface area contributed by atoms with Gasteiger partial charge < -0.3 is 18.9 Å². The number of hydrogen-bond acceptors (Lipinski definition) is 8. The fourth-order valence-corrected chi connectivity index (χ4v) is 0.617. The highest BCUT2D eigenvalue weighted by Crippen LogP contribution is 1.92. The monoisotopic (exact) mass is 248 g/mol. The van der Waals surface area contributed by atoms with Crippen LogP contribution in [0.1, 0.15) is 6.42 Å². The Morgan fingerprint density at radius 2 is 1.06 bits per heavy atom. The second kappa shape index (κ2) is 8.08. The van der Waals surface area contributed by atoms with Gasteiger partial charge in [0, 0.05) is 0 Å². The summed E-state index contributed by atoms with van der Waals surface area (Å²) in [6.45, 7) is -1.17. The van der Waals surface area contributed by atoms with Crippen molar-refractivity contribution in [2.45, 2.75) is 6.42 Å².